The highest BCUT2D eigenvalue weighted by Gasteiger charge is 2.12. The summed E-state index contributed by atoms with van der Waals surface area (Å²) < 4.78 is 5.09. The number of esters is 1. The van der Waals surface area contributed by atoms with E-state index in [1.165, 1.54) is 6.92 Å². The van der Waals surface area contributed by atoms with Crippen molar-refractivity contribution < 1.29 is 14.3 Å². The number of aryl methyl sites for hydroxylation is 2. The van der Waals surface area contributed by atoms with E-state index < -0.39 is 5.97 Å². The summed E-state index contributed by atoms with van der Waals surface area (Å²) in [4.78, 5) is 23.4. The van der Waals surface area contributed by atoms with Crippen molar-refractivity contribution in [2.75, 3.05) is 0 Å². The van der Waals surface area contributed by atoms with Crippen LogP contribution in [0.3, 0.4) is 0 Å². The number of hydrogen-bond donors (Lipinski definition) is 0. The van der Waals surface area contributed by atoms with Gasteiger partial charge >= 0.3 is 5.97 Å². The van der Waals surface area contributed by atoms with E-state index in [1.807, 2.05) is 38.1 Å². The first-order valence-corrected chi connectivity index (χ1v) is 6.88. The fourth-order valence-corrected chi connectivity index (χ4v) is 1.89. The molecule has 0 saturated carbocycles. The van der Waals surface area contributed by atoms with Crippen molar-refractivity contribution >= 4 is 11.8 Å². The van der Waals surface area contributed by atoms with Crippen LogP contribution in [0.5, 0.6) is 5.75 Å². The predicted molar refractivity (Wildman–Crippen MR) is 84.9 cm³/mol. The van der Waals surface area contributed by atoms with Crippen molar-refractivity contribution in [2.45, 2.75) is 20.8 Å². The maximum atomic E-state index is 12.2. The van der Waals surface area contributed by atoms with E-state index in [9.17, 15) is 9.59 Å². The normalized spacial score (nSPS) is 9.59. The molecule has 0 atom stereocenters. The molecule has 0 N–H and O–H groups in total. The molecule has 0 aliphatic carbocycles. The number of ketones is 1. The summed E-state index contributed by atoms with van der Waals surface area (Å²) in [6.07, 6.45) is 0. The van der Waals surface area contributed by atoms with Crippen LogP contribution in [-0.4, -0.2) is 11.8 Å². The highest BCUT2D eigenvalue weighted by molar-refractivity contribution is 6.11. The molecular formula is C19H16O3. The molecule has 0 aliphatic rings. The molecule has 2 aromatic rings. The number of carbonyl (C=O) groups is 2. The Morgan fingerprint density at radius 2 is 1.59 bits per heavy atom. The zero-order valence-electron chi connectivity index (χ0n) is 12.8. The first kappa shape index (κ1) is 15.5. The van der Waals surface area contributed by atoms with Gasteiger partial charge < -0.3 is 4.74 Å². The summed E-state index contributed by atoms with van der Waals surface area (Å²) in [6, 6.07) is 12.7. The van der Waals surface area contributed by atoms with Gasteiger partial charge in [0.05, 0.1) is 5.56 Å². The summed E-state index contributed by atoms with van der Waals surface area (Å²) in [6.45, 7) is 5.15. The number of hydrogen-bond acceptors (Lipinski definition) is 3. The van der Waals surface area contributed by atoms with Crippen molar-refractivity contribution in [1.82, 2.24) is 0 Å². The lowest BCUT2D eigenvalue weighted by Crippen LogP contribution is -2.07. The van der Waals surface area contributed by atoms with E-state index >= 15 is 0 Å². The largest absolute Gasteiger partial charge is 0.426 e. The minimum absolute atomic E-state index is 0.246. The van der Waals surface area contributed by atoms with Crippen molar-refractivity contribution in [3.05, 3.63) is 64.7 Å². The maximum absolute atomic E-state index is 12.2. The van der Waals surface area contributed by atoms with Crippen LogP contribution in [0.15, 0.2) is 42.5 Å². The molecule has 3 nitrogen and oxygen atoms in total. The maximum Gasteiger partial charge on any atom is 0.308 e. The van der Waals surface area contributed by atoms with Crippen molar-refractivity contribution in [2.24, 2.45) is 0 Å². The Labute approximate surface area is 129 Å². The zero-order valence-corrected chi connectivity index (χ0v) is 12.8. The highest BCUT2D eigenvalue weighted by Crippen LogP contribution is 2.21. The number of rotatable bonds is 2. The minimum Gasteiger partial charge on any atom is -0.426 e. The standard InChI is InChI=1S/C19H16O3/c1-13-4-7-16(8-5-13)9-11-18(21)17-10-6-14(2)12-19(17)22-15(3)20/h4-8,10,12H,1-3H3. The monoisotopic (exact) mass is 292 g/mol. The average Bonchev–Trinajstić information content (AvgIpc) is 2.46. The smallest absolute Gasteiger partial charge is 0.308 e. The molecule has 0 radical (unpaired) electrons. The van der Waals surface area contributed by atoms with Crippen molar-refractivity contribution in [3.63, 3.8) is 0 Å². The van der Waals surface area contributed by atoms with Gasteiger partial charge in [-0.3, -0.25) is 9.59 Å². The van der Waals surface area contributed by atoms with Gasteiger partial charge in [-0.1, -0.05) is 29.7 Å². The topological polar surface area (TPSA) is 43.4 Å². The summed E-state index contributed by atoms with van der Waals surface area (Å²) >= 11 is 0. The first-order chi connectivity index (χ1) is 10.5. The molecule has 22 heavy (non-hydrogen) atoms. The molecule has 2 rings (SSSR count). The Kier molecular flexibility index (Phi) is 4.75. The Hall–Kier alpha value is -2.86. The Balaban J connectivity index is 2.30. The third-order valence-electron chi connectivity index (χ3n) is 3.01. The fraction of sp³-hybridized carbons (Fsp3) is 0.158. The molecule has 2 aromatic carbocycles. The molecule has 0 unspecified atom stereocenters. The average molecular weight is 292 g/mol. The van der Waals surface area contributed by atoms with Gasteiger partial charge in [-0.25, -0.2) is 0 Å². The van der Waals surface area contributed by atoms with Gasteiger partial charge in [-0.2, -0.15) is 0 Å². The van der Waals surface area contributed by atoms with Crippen LogP contribution in [0.25, 0.3) is 0 Å². The van der Waals surface area contributed by atoms with E-state index in [1.54, 1.807) is 18.2 Å². The Bertz CT molecular complexity index is 775. The zero-order chi connectivity index (χ0) is 16.1. The molecular weight excluding hydrogens is 276 g/mol. The number of Topliss-reactive ketones (excluding diaryl/α,β-unsaturated/α-hetero) is 1. The Morgan fingerprint density at radius 1 is 0.955 bits per heavy atom. The summed E-state index contributed by atoms with van der Waals surface area (Å²) in [5, 5.41) is 0. The molecule has 0 bridgehead atoms. The third-order valence-corrected chi connectivity index (χ3v) is 3.01. The van der Waals surface area contributed by atoms with Crippen LogP contribution in [-0.2, 0) is 4.79 Å². The second-order valence-electron chi connectivity index (χ2n) is 5.04. The lowest BCUT2D eigenvalue weighted by Gasteiger charge is -2.06. The second kappa shape index (κ2) is 6.73. The van der Waals surface area contributed by atoms with Crippen LogP contribution in [0.4, 0.5) is 0 Å². The summed E-state index contributed by atoms with van der Waals surface area (Å²) in [5.74, 6) is 4.81. The van der Waals surface area contributed by atoms with Gasteiger partial charge in [0, 0.05) is 12.5 Å². The van der Waals surface area contributed by atoms with Crippen LogP contribution in [0.2, 0.25) is 0 Å². The molecule has 110 valence electrons. The highest BCUT2D eigenvalue weighted by atomic mass is 16.5. The fourth-order valence-electron chi connectivity index (χ4n) is 1.89. The van der Waals surface area contributed by atoms with E-state index in [2.05, 4.69) is 11.8 Å². The van der Waals surface area contributed by atoms with Crippen LogP contribution in [0, 0.1) is 25.7 Å². The molecule has 0 amide bonds. The molecule has 0 aromatic heterocycles. The summed E-state index contributed by atoms with van der Waals surface area (Å²) in [5.41, 5.74) is 3.09. The molecule has 0 spiro atoms. The molecule has 0 saturated heterocycles. The summed E-state index contributed by atoms with van der Waals surface area (Å²) in [7, 11) is 0. The third kappa shape index (κ3) is 4.07. The SMILES string of the molecule is CC(=O)Oc1cc(C)ccc1C(=O)C#Cc1ccc(C)cc1. The van der Waals surface area contributed by atoms with Crippen molar-refractivity contribution in [1.29, 1.82) is 0 Å². The van der Waals surface area contributed by atoms with Crippen LogP contribution < -0.4 is 4.74 Å². The van der Waals surface area contributed by atoms with E-state index in [4.69, 9.17) is 4.74 Å². The number of benzene rings is 2. The van der Waals surface area contributed by atoms with Crippen molar-refractivity contribution in [3.8, 4) is 17.6 Å². The predicted octanol–water partition coefficient (Wildman–Crippen LogP) is 3.46. The lowest BCUT2D eigenvalue weighted by atomic mass is 10.1. The van der Waals surface area contributed by atoms with E-state index in [0.29, 0.717) is 5.56 Å². The molecule has 3 heteroatoms. The lowest BCUT2D eigenvalue weighted by molar-refractivity contribution is -0.131. The van der Waals surface area contributed by atoms with E-state index in [-0.39, 0.29) is 11.5 Å². The van der Waals surface area contributed by atoms with E-state index in [0.717, 1.165) is 16.7 Å². The molecule has 0 aliphatic heterocycles. The minimum atomic E-state index is -0.467. The van der Waals surface area contributed by atoms with Gasteiger partial charge in [-0.15, -0.1) is 0 Å². The van der Waals surface area contributed by atoms with Gasteiger partial charge in [-0.05, 0) is 49.6 Å². The second-order valence-corrected chi connectivity index (χ2v) is 5.04. The van der Waals surface area contributed by atoms with Crippen LogP contribution in [0.1, 0.15) is 34.0 Å². The van der Waals surface area contributed by atoms with Gasteiger partial charge in [0.1, 0.15) is 5.75 Å². The number of ether oxygens (including phenoxy) is 1. The van der Waals surface area contributed by atoms with Crippen LogP contribution >= 0.6 is 0 Å². The van der Waals surface area contributed by atoms with Gasteiger partial charge in [0.15, 0.2) is 0 Å². The van der Waals surface area contributed by atoms with Gasteiger partial charge in [0.25, 0.3) is 0 Å². The first-order valence-electron chi connectivity index (χ1n) is 6.88. The quantitative estimate of drug-likeness (QED) is 0.368. The van der Waals surface area contributed by atoms with Gasteiger partial charge in [0.2, 0.25) is 5.78 Å². The molecule has 0 heterocycles. The Morgan fingerprint density at radius 3 is 2.23 bits per heavy atom. The number of carbonyl (C=O) groups excluding carboxylic acids is 2. The molecule has 0 fully saturated rings.